The summed E-state index contributed by atoms with van der Waals surface area (Å²) >= 11 is 0. The molecule has 76 valence electrons. The summed E-state index contributed by atoms with van der Waals surface area (Å²) in [6, 6.07) is 1.22. The molecule has 0 saturated carbocycles. The molecule has 0 N–H and O–H groups in total. The first-order valence-corrected chi connectivity index (χ1v) is 3.93. The third-order valence-electron chi connectivity index (χ3n) is 1.57. The Kier molecular flexibility index (Phi) is 3.28. The Bertz CT molecular complexity index is 379. The molecular weight excluding hydrogens is 188 g/mol. The van der Waals surface area contributed by atoms with Gasteiger partial charge in [0.1, 0.15) is 5.76 Å². The second kappa shape index (κ2) is 4.45. The molecule has 0 bridgehead atoms. The lowest BCUT2D eigenvalue weighted by Crippen LogP contribution is -2.17. The molecular formula is C9H10O5. The first kappa shape index (κ1) is 10.3. The molecule has 1 rings (SSSR count). The molecule has 14 heavy (non-hydrogen) atoms. The van der Waals surface area contributed by atoms with Gasteiger partial charge in [0, 0.05) is 6.07 Å². The van der Waals surface area contributed by atoms with Crippen LogP contribution < -0.4 is 10.2 Å². The number of carbonyl (C=O) groups excluding carboxylic acids is 1. The predicted molar refractivity (Wildman–Crippen MR) is 47.2 cm³/mol. The third kappa shape index (κ3) is 2.35. The van der Waals surface area contributed by atoms with Crippen LogP contribution in [-0.2, 0) is 9.53 Å². The number of aryl methyl sites for hydroxylation is 1. The Balaban J connectivity index is 2.76. The van der Waals surface area contributed by atoms with Crippen LogP contribution in [0.2, 0.25) is 0 Å². The lowest BCUT2D eigenvalue weighted by molar-refractivity contribution is -0.142. The molecule has 0 unspecified atom stereocenters. The van der Waals surface area contributed by atoms with Crippen molar-refractivity contribution in [2.45, 2.75) is 6.92 Å². The van der Waals surface area contributed by atoms with Crippen LogP contribution in [0.25, 0.3) is 0 Å². The molecule has 1 aromatic rings. The Morgan fingerprint density at radius 3 is 2.86 bits per heavy atom. The zero-order chi connectivity index (χ0) is 10.6. The molecule has 0 fully saturated rings. The maximum absolute atomic E-state index is 11.2. The number of ether oxygens (including phenoxy) is 2. The van der Waals surface area contributed by atoms with Gasteiger partial charge in [-0.3, -0.25) is 4.79 Å². The lowest BCUT2D eigenvalue weighted by atomic mass is 10.4. The second-order valence-corrected chi connectivity index (χ2v) is 2.53. The first-order valence-electron chi connectivity index (χ1n) is 3.93. The lowest BCUT2D eigenvalue weighted by Gasteiger charge is -2.04. The molecule has 0 aliphatic heterocycles. The van der Waals surface area contributed by atoms with Crippen LogP contribution in [0.5, 0.6) is 5.75 Å². The largest absolute Gasteiger partial charge is 0.475 e. The van der Waals surface area contributed by atoms with Crippen LogP contribution in [0, 0.1) is 6.92 Å². The highest BCUT2D eigenvalue weighted by molar-refractivity contribution is 5.70. The minimum atomic E-state index is -0.548. The van der Waals surface area contributed by atoms with Crippen LogP contribution in [0.1, 0.15) is 5.76 Å². The van der Waals surface area contributed by atoms with E-state index in [1.807, 2.05) is 0 Å². The van der Waals surface area contributed by atoms with E-state index in [1.165, 1.54) is 19.4 Å². The van der Waals surface area contributed by atoms with E-state index in [4.69, 9.17) is 9.15 Å². The fraction of sp³-hybridized carbons (Fsp3) is 0.333. The average Bonchev–Trinajstić information content (AvgIpc) is 2.16. The van der Waals surface area contributed by atoms with Gasteiger partial charge in [-0.2, -0.15) is 0 Å². The molecule has 0 aliphatic carbocycles. The number of methoxy groups -OCH3 is 1. The molecule has 1 aromatic heterocycles. The SMILES string of the molecule is COC(=O)COc1c(C)occc1=O. The maximum atomic E-state index is 11.2. The number of hydrogen-bond acceptors (Lipinski definition) is 5. The van der Waals surface area contributed by atoms with Gasteiger partial charge in [-0.05, 0) is 6.92 Å². The number of carbonyl (C=O) groups is 1. The predicted octanol–water partition coefficient (Wildman–Crippen LogP) is 0.500. The molecule has 0 radical (unpaired) electrons. The summed E-state index contributed by atoms with van der Waals surface area (Å²) in [6.45, 7) is 1.28. The number of rotatable bonds is 3. The quantitative estimate of drug-likeness (QED) is 0.661. The fourth-order valence-electron chi connectivity index (χ4n) is 0.863. The normalized spacial score (nSPS) is 9.57. The zero-order valence-corrected chi connectivity index (χ0v) is 7.90. The van der Waals surface area contributed by atoms with Crippen LogP contribution >= 0.6 is 0 Å². The summed E-state index contributed by atoms with van der Waals surface area (Å²) in [5.74, 6) is -0.174. The van der Waals surface area contributed by atoms with Gasteiger partial charge >= 0.3 is 5.97 Å². The van der Waals surface area contributed by atoms with Crippen molar-refractivity contribution in [3.05, 3.63) is 28.3 Å². The topological polar surface area (TPSA) is 65.7 Å². The molecule has 0 saturated heterocycles. The van der Waals surface area contributed by atoms with Gasteiger partial charge in [0.25, 0.3) is 0 Å². The number of esters is 1. The average molecular weight is 198 g/mol. The number of hydrogen-bond donors (Lipinski definition) is 0. The summed E-state index contributed by atoms with van der Waals surface area (Å²) in [7, 11) is 1.24. The molecule has 0 spiro atoms. The van der Waals surface area contributed by atoms with Crippen LogP contribution in [0.4, 0.5) is 0 Å². The van der Waals surface area contributed by atoms with E-state index in [1.54, 1.807) is 6.92 Å². The van der Waals surface area contributed by atoms with Crippen LogP contribution in [0.15, 0.2) is 21.5 Å². The zero-order valence-electron chi connectivity index (χ0n) is 7.90. The second-order valence-electron chi connectivity index (χ2n) is 2.53. The summed E-state index contributed by atoms with van der Waals surface area (Å²) in [5.41, 5.74) is -0.322. The van der Waals surface area contributed by atoms with E-state index >= 15 is 0 Å². The Labute approximate surface area is 80.2 Å². The van der Waals surface area contributed by atoms with E-state index in [-0.39, 0.29) is 17.8 Å². The van der Waals surface area contributed by atoms with Crippen molar-refractivity contribution in [2.24, 2.45) is 0 Å². The van der Waals surface area contributed by atoms with Gasteiger partial charge < -0.3 is 13.9 Å². The van der Waals surface area contributed by atoms with Crippen molar-refractivity contribution in [3.8, 4) is 5.75 Å². The summed E-state index contributed by atoms with van der Waals surface area (Å²) < 4.78 is 14.2. The van der Waals surface area contributed by atoms with Gasteiger partial charge in [-0.15, -0.1) is 0 Å². The van der Waals surface area contributed by atoms with Gasteiger partial charge in [0.05, 0.1) is 13.4 Å². The van der Waals surface area contributed by atoms with Gasteiger partial charge in [-0.1, -0.05) is 0 Å². The Morgan fingerprint density at radius 1 is 1.57 bits per heavy atom. The highest BCUT2D eigenvalue weighted by Crippen LogP contribution is 2.10. The monoisotopic (exact) mass is 198 g/mol. The van der Waals surface area contributed by atoms with Crippen LogP contribution in [-0.4, -0.2) is 19.7 Å². The standard InChI is InChI=1S/C9H10O5/c1-6-9(7(10)3-4-13-6)14-5-8(11)12-2/h3-4H,5H2,1-2H3. The third-order valence-corrected chi connectivity index (χ3v) is 1.57. The van der Waals surface area contributed by atoms with Gasteiger partial charge in [-0.25, -0.2) is 4.79 Å². The van der Waals surface area contributed by atoms with Crippen molar-refractivity contribution in [1.82, 2.24) is 0 Å². The van der Waals surface area contributed by atoms with E-state index in [0.717, 1.165) is 0 Å². The van der Waals surface area contributed by atoms with Crippen molar-refractivity contribution < 1.29 is 18.7 Å². The van der Waals surface area contributed by atoms with Gasteiger partial charge in [0.2, 0.25) is 11.2 Å². The summed E-state index contributed by atoms with van der Waals surface area (Å²) in [4.78, 5) is 21.9. The Hall–Kier alpha value is -1.78. The molecule has 5 heteroatoms. The van der Waals surface area contributed by atoms with E-state index < -0.39 is 5.97 Å². The molecule has 0 amide bonds. The van der Waals surface area contributed by atoms with E-state index in [0.29, 0.717) is 5.76 Å². The van der Waals surface area contributed by atoms with E-state index in [9.17, 15) is 9.59 Å². The minimum absolute atomic E-state index is 0.0397. The minimum Gasteiger partial charge on any atom is -0.475 e. The molecule has 1 heterocycles. The molecule has 0 aromatic carbocycles. The van der Waals surface area contributed by atoms with Crippen molar-refractivity contribution in [3.63, 3.8) is 0 Å². The van der Waals surface area contributed by atoms with E-state index in [2.05, 4.69) is 4.74 Å². The highest BCUT2D eigenvalue weighted by Gasteiger charge is 2.08. The van der Waals surface area contributed by atoms with Crippen molar-refractivity contribution in [1.29, 1.82) is 0 Å². The molecule has 0 atom stereocenters. The fourth-order valence-corrected chi connectivity index (χ4v) is 0.863. The smallest absolute Gasteiger partial charge is 0.343 e. The van der Waals surface area contributed by atoms with Crippen LogP contribution in [0.3, 0.4) is 0 Å². The Morgan fingerprint density at radius 2 is 2.29 bits per heavy atom. The molecule has 5 nitrogen and oxygen atoms in total. The van der Waals surface area contributed by atoms with Gasteiger partial charge in [0.15, 0.2) is 6.61 Å². The first-order chi connectivity index (χ1) is 6.65. The summed E-state index contributed by atoms with van der Waals surface area (Å²) in [6.07, 6.45) is 1.27. The van der Waals surface area contributed by atoms with Crippen molar-refractivity contribution in [2.75, 3.05) is 13.7 Å². The summed E-state index contributed by atoms with van der Waals surface area (Å²) in [5, 5.41) is 0. The van der Waals surface area contributed by atoms with Crippen molar-refractivity contribution >= 4 is 5.97 Å². The maximum Gasteiger partial charge on any atom is 0.343 e. The molecule has 0 aliphatic rings. The highest BCUT2D eigenvalue weighted by atomic mass is 16.6.